The van der Waals surface area contributed by atoms with Crippen LogP contribution in [0.5, 0.6) is 0 Å². The van der Waals surface area contributed by atoms with Gasteiger partial charge in [-0.05, 0) is 0 Å². The van der Waals surface area contributed by atoms with E-state index in [-0.39, 0.29) is 38.1 Å². The van der Waals surface area contributed by atoms with Gasteiger partial charge in [-0.15, -0.1) is 0 Å². The third-order valence-corrected chi connectivity index (χ3v) is 0. The molecule has 0 fully saturated rings. The minimum absolute atomic E-state index is 0. The van der Waals surface area contributed by atoms with Crippen molar-refractivity contribution in [2.24, 2.45) is 0 Å². The van der Waals surface area contributed by atoms with Gasteiger partial charge in [-0.2, -0.15) is 8.42 Å². The van der Waals surface area contributed by atoms with Crippen molar-refractivity contribution in [3.05, 3.63) is 0 Å². The molecule has 0 aliphatic rings. The van der Waals surface area contributed by atoms with Gasteiger partial charge >= 0.3 is 10.4 Å². The van der Waals surface area contributed by atoms with Crippen molar-refractivity contribution in [3.63, 3.8) is 0 Å². The quantitative estimate of drug-likeness (QED) is 0.446. The molecule has 0 saturated heterocycles. The standard InChI is InChI=1S/Cu.Mo.H2O4S/c;;1-5(2,3)4/h;;(H2,1,2,3,4). The topological polar surface area (TPSA) is 74.6 Å². The molecule has 0 aliphatic carbocycles. The smallest absolute Gasteiger partial charge is 0.264 e. The SMILES string of the molecule is O=S(=O)(O)O.[Cu].[Mo]. The Bertz CT molecular complexity index is 94.9. The summed E-state index contributed by atoms with van der Waals surface area (Å²) in [6.45, 7) is 0. The molecule has 0 rings (SSSR count). The summed E-state index contributed by atoms with van der Waals surface area (Å²) in [4.78, 5) is 0. The fraction of sp³-hybridized carbons (Fsp3) is 0. The Labute approximate surface area is 66.0 Å². The van der Waals surface area contributed by atoms with Crippen LogP contribution in [0, 0.1) is 0 Å². The molecule has 0 heterocycles. The van der Waals surface area contributed by atoms with E-state index in [0.29, 0.717) is 0 Å². The average molecular weight is 258 g/mol. The summed E-state index contributed by atoms with van der Waals surface area (Å²) in [5.41, 5.74) is 0. The Kier molecular flexibility index (Phi) is 11.7. The monoisotopic (exact) mass is 259 g/mol. The largest absolute Gasteiger partial charge is 0.394 e. The molecule has 0 amide bonds. The van der Waals surface area contributed by atoms with Gasteiger partial charge in [0.25, 0.3) is 0 Å². The molecule has 7 heavy (non-hydrogen) atoms. The number of hydrogen-bond acceptors (Lipinski definition) is 2. The summed E-state index contributed by atoms with van der Waals surface area (Å²) in [6, 6.07) is 0. The molecular weight excluding hydrogens is 256 g/mol. The molecule has 0 aromatic carbocycles. The van der Waals surface area contributed by atoms with Gasteiger partial charge in [-0.1, -0.05) is 0 Å². The van der Waals surface area contributed by atoms with E-state index in [0.717, 1.165) is 0 Å². The van der Waals surface area contributed by atoms with Crippen LogP contribution >= 0.6 is 0 Å². The Hall–Kier alpha value is 1.08. The number of hydrogen-bond donors (Lipinski definition) is 2. The minimum Gasteiger partial charge on any atom is -0.264 e. The van der Waals surface area contributed by atoms with E-state index in [4.69, 9.17) is 17.5 Å². The Morgan fingerprint density at radius 1 is 1.14 bits per heavy atom. The molecule has 0 saturated carbocycles. The predicted molar refractivity (Wildman–Crippen MR) is 14.2 cm³/mol. The first-order valence-electron chi connectivity index (χ1n) is 0.698. The molecule has 0 aliphatic heterocycles. The molecule has 0 unspecified atom stereocenters. The molecule has 0 aromatic heterocycles. The maximum absolute atomic E-state index is 8.74. The van der Waals surface area contributed by atoms with E-state index in [1.165, 1.54) is 0 Å². The van der Waals surface area contributed by atoms with Crippen LogP contribution in [0.1, 0.15) is 0 Å². The van der Waals surface area contributed by atoms with Crippen LogP contribution in [0.25, 0.3) is 0 Å². The summed E-state index contributed by atoms with van der Waals surface area (Å²) in [7, 11) is -4.67. The zero-order valence-electron chi connectivity index (χ0n) is 2.83. The van der Waals surface area contributed by atoms with Crippen molar-refractivity contribution in [3.8, 4) is 0 Å². The van der Waals surface area contributed by atoms with Crippen LogP contribution < -0.4 is 0 Å². The van der Waals surface area contributed by atoms with Crippen LogP contribution in [0.3, 0.4) is 0 Å². The summed E-state index contributed by atoms with van der Waals surface area (Å²) in [6.07, 6.45) is 0. The van der Waals surface area contributed by atoms with Gasteiger partial charge in [0.15, 0.2) is 0 Å². The molecule has 7 heteroatoms. The average Bonchev–Trinajstić information content (AvgIpc) is 0.722. The maximum Gasteiger partial charge on any atom is 0.394 e. The van der Waals surface area contributed by atoms with Crippen molar-refractivity contribution in [2.45, 2.75) is 0 Å². The molecule has 0 spiro atoms. The van der Waals surface area contributed by atoms with Crippen molar-refractivity contribution in [2.75, 3.05) is 0 Å². The fourth-order valence-electron chi connectivity index (χ4n) is 0. The molecule has 0 atom stereocenters. The van der Waals surface area contributed by atoms with Gasteiger partial charge < -0.3 is 0 Å². The molecule has 4 nitrogen and oxygen atoms in total. The molecule has 2 N–H and O–H groups in total. The van der Waals surface area contributed by atoms with Gasteiger partial charge in [-0.25, -0.2) is 0 Å². The van der Waals surface area contributed by atoms with Crippen LogP contribution in [0.15, 0.2) is 0 Å². The van der Waals surface area contributed by atoms with E-state index >= 15 is 0 Å². The van der Waals surface area contributed by atoms with E-state index < -0.39 is 10.4 Å². The summed E-state index contributed by atoms with van der Waals surface area (Å²) < 4.78 is 31.6. The van der Waals surface area contributed by atoms with Gasteiger partial charge in [0.2, 0.25) is 0 Å². The van der Waals surface area contributed by atoms with Crippen LogP contribution in [-0.4, -0.2) is 17.5 Å². The maximum atomic E-state index is 8.74. The Balaban J connectivity index is -0.0000000800. The van der Waals surface area contributed by atoms with Gasteiger partial charge in [-0.3, -0.25) is 9.11 Å². The zero-order valence-corrected chi connectivity index (χ0v) is 6.59. The van der Waals surface area contributed by atoms with Gasteiger partial charge in [0.1, 0.15) is 0 Å². The van der Waals surface area contributed by atoms with Crippen LogP contribution in [0.4, 0.5) is 0 Å². The fourth-order valence-corrected chi connectivity index (χ4v) is 0. The Morgan fingerprint density at radius 2 is 1.14 bits per heavy atom. The zero-order chi connectivity index (χ0) is 4.50. The number of rotatable bonds is 0. The first-order chi connectivity index (χ1) is 2.00. The summed E-state index contributed by atoms with van der Waals surface area (Å²) in [5, 5.41) is 0. The first-order valence-corrected chi connectivity index (χ1v) is 2.10. The Morgan fingerprint density at radius 3 is 1.14 bits per heavy atom. The predicted octanol–water partition coefficient (Wildman–Crippen LogP) is -0.658. The summed E-state index contributed by atoms with van der Waals surface area (Å²) in [5.74, 6) is 0. The molecule has 1 radical (unpaired) electrons. The van der Waals surface area contributed by atoms with E-state index in [1.807, 2.05) is 0 Å². The second kappa shape index (κ2) is 5.22. The third kappa shape index (κ3) is 157. The van der Waals surface area contributed by atoms with Crippen LogP contribution in [0.2, 0.25) is 0 Å². The molecular formula is H2CuMoO4S. The minimum atomic E-state index is -4.67. The van der Waals surface area contributed by atoms with Crippen molar-refractivity contribution < 1.29 is 55.7 Å². The van der Waals surface area contributed by atoms with Crippen molar-refractivity contribution in [1.82, 2.24) is 0 Å². The second-order valence-corrected chi connectivity index (χ2v) is 1.34. The summed E-state index contributed by atoms with van der Waals surface area (Å²) >= 11 is 0. The normalized spacial score (nSPS) is 8.29. The molecule has 0 aromatic rings. The van der Waals surface area contributed by atoms with E-state index in [2.05, 4.69) is 0 Å². The second-order valence-electron chi connectivity index (χ2n) is 0.448. The molecule has 0 bridgehead atoms. The van der Waals surface area contributed by atoms with Crippen molar-refractivity contribution in [1.29, 1.82) is 0 Å². The van der Waals surface area contributed by atoms with Crippen molar-refractivity contribution >= 4 is 10.4 Å². The molecule has 49 valence electrons. The van der Waals surface area contributed by atoms with Gasteiger partial charge in [0.05, 0.1) is 0 Å². The van der Waals surface area contributed by atoms with E-state index in [1.54, 1.807) is 0 Å². The van der Waals surface area contributed by atoms with Gasteiger partial charge in [0, 0.05) is 38.1 Å². The van der Waals surface area contributed by atoms with Crippen LogP contribution in [-0.2, 0) is 48.5 Å². The first kappa shape index (κ1) is 15.7. The van der Waals surface area contributed by atoms with E-state index in [9.17, 15) is 0 Å². The third-order valence-electron chi connectivity index (χ3n) is 0.